The molecule has 0 atom stereocenters. The second kappa shape index (κ2) is 5.83. The third-order valence-corrected chi connectivity index (χ3v) is 2.75. The molecule has 4 nitrogen and oxygen atoms in total. The average molecular weight is 300 g/mol. The van der Waals surface area contributed by atoms with Gasteiger partial charge in [-0.15, -0.1) is 0 Å². The van der Waals surface area contributed by atoms with Gasteiger partial charge >= 0.3 is 5.69 Å². The molecule has 0 N–H and O–H groups in total. The highest BCUT2D eigenvalue weighted by Crippen LogP contribution is 2.23. The van der Waals surface area contributed by atoms with Crippen LogP contribution in [0.3, 0.4) is 0 Å². The lowest BCUT2D eigenvalue weighted by Gasteiger charge is -2.07. The molecule has 2 aromatic rings. The second-order valence-electron chi connectivity index (χ2n) is 3.89. The summed E-state index contributed by atoms with van der Waals surface area (Å²) in [6.45, 7) is -0.163. The second-order valence-corrected chi connectivity index (χ2v) is 4.33. The molecule has 0 heterocycles. The molecule has 0 unspecified atom stereocenters. The number of nitrogens with zero attached hydrogens (tertiary/aromatic N) is 1. The Bertz CT molecular complexity index is 664. The van der Waals surface area contributed by atoms with Crippen LogP contribution in [0, 0.1) is 21.7 Å². The minimum absolute atomic E-state index is 0.0625. The molecule has 0 spiro atoms. The van der Waals surface area contributed by atoms with Gasteiger partial charge in [0, 0.05) is 22.7 Å². The van der Waals surface area contributed by atoms with Crippen LogP contribution in [0.4, 0.5) is 14.5 Å². The lowest BCUT2D eigenvalue weighted by atomic mass is 10.2. The summed E-state index contributed by atoms with van der Waals surface area (Å²) in [6.07, 6.45) is 0. The molecular formula is C13H8ClF2NO3. The summed E-state index contributed by atoms with van der Waals surface area (Å²) < 4.78 is 32.0. The van der Waals surface area contributed by atoms with Crippen molar-refractivity contribution in [3.8, 4) is 5.75 Å². The molecule has 0 aliphatic heterocycles. The molecule has 0 fully saturated rings. The van der Waals surface area contributed by atoms with E-state index in [1.807, 2.05) is 0 Å². The Morgan fingerprint density at radius 2 is 1.90 bits per heavy atom. The fourth-order valence-corrected chi connectivity index (χ4v) is 1.74. The minimum Gasteiger partial charge on any atom is -0.489 e. The van der Waals surface area contributed by atoms with Crippen molar-refractivity contribution in [1.29, 1.82) is 0 Å². The Morgan fingerprint density at radius 1 is 1.15 bits per heavy atom. The zero-order valence-electron chi connectivity index (χ0n) is 9.98. The molecule has 0 saturated heterocycles. The molecular weight excluding hydrogens is 292 g/mol. The first kappa shape index (κ1) is 14.2. The van der Waals surface area contributed by atoms with Crippen LogP contribution in [0.5, 0.6) is 5.75 Å². The van der Waals surface area contributed by atoms with Crippen LogP contribution in [0.1, 0.15) is 5.56 Å². The Labute approximate surface area is 117 Å². The maximum absolute atomic E-state index is 13.4. The van der Waals surface area contributed by atoms with Crippen molar-refractivity contribution in [2.45, 2.75) is 6.61 Å². The highest BCUT2D eigenvalue weighted by atomic mass is 35.5. The normalized spacial score (nSPS) is 10.3. The zero-order valence-corrected chi connectivity index (χ0v) is 10.7. The van der Waals surface area contributed by atoms with Gasteiger partial charge in [0.15, 0.2) is 0 Å². The van der Waals surface area contributed by atoms with Crippen molar-refractivity contribution in [2.24, 2.45) is 0 Å². The first-order valence-electron chi connectivity index (χ1n) is 5.48. The van der Waals surface area contributed by atoms with Crippen molar-refractivity contribution < 1.29 is 18.4 Å². The van der Waals surface area contributed by atoms with Crippen LogP contribution < -0.4 is 4.74 Å². The number of nitro groups is 1. The van der Waals surface area contributed by atoms with Crippen molar-refractivity contribution in [3.05, 3.63) is 68.7 Å². The number of ether oxygens (including phenoxy) is 1. The molecule has 2 rings (SSSR count). The van der Waals surface area contributed by atoms with E-state index in [2.05, 4.69) is 0 Å². The average Bonchev–Trinajstić information content (AvgIpc) is 2.39. The molecule has 0 aromatic heterocycles. The number of rotatable bonds is 4. The van der Waals surface area contributed by atoms with E-state index >= 15 is 0 Å². The summed E-state index contributed by atoms with van der Waals surface area (Å²) in [5.41, 5.74) is -0.442. The Morgan fingerprint density at radius 3 is 2.55 bits per heavy atom. The van der Waals surface area contributed by atoms with Crippen LogP contribution in [0.2, 0.25) is 5.02 Å². The van der Waals surface area contributed by atoms with Gasteiger partial charge in [0.2, 0.25) is 5.82 Å². The van der Waals surface area contributed by atoms with Crippen molar-refractivity contribution in [2.75, 3.05) is 0 Å². The predicted octanol–water partition coefficient (Wildman–Crippen LogP) is 4.11. The van der Waals surface area contributed by atoms with Crippen molar-refractivity contribution in [1.82, 2.24) is 0 Å². The molecule has 0 radical (unpaired) electrons. The van der Waals surface area contributed by atoms with Crippen LogP contribution in [-0.4, -0.2) is 4.92 Å². The van der Waals surface area contributed by atoms with Gasteiger partial charge in [-0.3, -0.25) is 10.1 Å². The van der Waals surface area contributed by atoms with Crippen LogP contribution >= 0.6 is 11.6 Å². The number of hydrogen-bond acceptors (Lipinski definition) is 3. The summed E-state index contributed by atoms with van der Waals surface area (Å²) in [4.78, 5) is 9.62. The summed E-state index contributed by atoms with van der Waals surface area (Å²) in [7, 11) is 0. The quantitative estimate of drug-likeness (QED) is 0.630. The molecule has 0 aliphatic carbocycles. The maximum Gasteiger partial charge on any atom is 0.305 e. The zero-order chi connectivity index (χ0) is 14.7. The molecule has 104 valence electrons. The third-order valence-electron chi connectivity index (χ3n) is 2.52. The van der Waals surface area contributed by atoms with Gasteiger partial charge in [0.25, 0.3) is 0 Å². The van der Waals surface area contributed by atoms with E-state index in [0.717, 1.165) is 12.1 Å². The smallest absolute Gasteiger partial charge is 0.305 e. The molecule has 0 amide bonds. The molecule has 2 aromatic carbocycles. The van der Waals surface area contributed by atoms with Crippen LogP contribution in [0.25, 0.3) is 0 Å². The summed E-state index contributed by atoms with van der Waals surface area (Å²) in [6, 6.07) is 7.07. The van der Waals surface area contributed by atoms with Crippen molar-refractivity contribution in [3.63, 3.8) is 0 Å². The SMILES string of the molecule is O=[N+]([O-])c1ccc(OCc2cc(Cl)ccc2F)cc1F. The summed E-state index contributed by atoms with van der Waals surface area (Å²) in [5.74, 6) is -1.46. The highest BCUT2D eigenvalue weighted by molar-refractivity contribution is 6.30. The number of hydrogen-bond donors (Lipinski definition) is 0. The van der Waals surface area contributed by atoms with E-state index in [1.54, 1.807) is 0 Å². The van der Waals surface area contributed by atoms with Crippen LogP contribution in [0.15, 0.2) is 36.4 Å². The predicted molar refractivity (Wildman–Crippen MR) is 68.8 cm³/mol. The third kappa shape index (κ3) is 3.21. The number of nitro benzene ring substituents is 1. The largest absolute Gasteiger partial charge is 0.489 e. The van der Waals surface area contributed by atoms with Crippen molar-refractivity contribution >= 4 is 17.3 Å². The van der Waals surface area contributed by atoms with Gasteiger partial charge in [0.05, 0.1) is 4.92 Å². The first-order chi connectivity index (χ1) is 9.47. The van der Waals surface area contributed by atoms with E-state index in [4.69, 9.17) is 16.3 Å². The maximum atomic E-state index is 13.4. The Hall–Kier alpha value is -2.21. The van der Waals surface area contributed by atoms with Gasteiger partial charge < -0.3 is 4.74 Å². The van der Waals surface area contributed by atoms with Gasteiger partial charge in [-0.1, -0.05) is 11.6 Å². The molecule has 0 saturated carbocycles. The van der Waals surface area contributed by atoms with Gasteiger partial charge in [-0.25, -0.2) is 4.39 Å². The van der Waals surface area contributed by atoms with Crippen LogP contribution in [-0.2, 0) is 6.61 Å². The Kier molecular flexibility index (Phi) is 4.14. The first-order valence-corrected chi connectivity index (χ1v) is 5.86. The molecule has 20 heavy (non-hydrogen) atoms. The topological polar surface area (TPSA) is 52.4 Å². The van der Waals surface area contributed by atoms with E-state index < -0.39 is 22.2 Å². The van der Waals surface area contributed by atoms with Gasteiger partial charge in [-0.05, 0) is 24.3 Å². The number of benzene rings is 2. The molecule has 0 bridgehead atoms. The monoisotopic (exact) mass is 299 g/mol. The Balaban J connectivity index is 2.13. The fraction of sp³-hybridized carbons (Fsp3) is 0.0769. The number of halogens is 3. The summed E-state index contributed by atoms with van der Waals surface area (Å²) >= 11 is 5.72. The minimum atomic E-state index is -1.01. The van der Waals surface area contributed by atoms with E-state index in [1.165, 1.54) is 24.3 Å². The van der Waals surface area contributed by atoms with E-state index in [0.29, 0.717) is 5.02 Å². The standard InChI is InChI=1S/C13H8ClF2NO3/c14-9-1-3-11(15)8(5-9)7-20-10-2-4-13(17(18)19)12(16)6-10/h1-6H,7H2. The highest BCUT2D eigenvalue weighted by Gasteiger charge is 2.14. The molecule has 7 heteroatoms. The van der Waals surface area contributed by atoms with E-state index in [-0.39, 0.29) is 17.9 Å². The summed E-state index contributed by atoms with van der Waals surface area (Å²) in [5, 5.41) is 10.8. The van der Waals surface area contributed by atoms with Gasteiger partial charge in [0.1, 0.15) is 18.2 Å². The van der Waals surface area contributed by atoms with Gasteiger partial charge in [-0.2, -0.15) is 4.39 Å². The lowest BCUT2D eigenvalue weighted by molar-refractivity contribution is -0.387. The fourth-order valence-electron chi connectivity index (χ4n) is 1.54. The van der Waals surface area contributed by atoms with E-state index in [9.17, 15) is 18.9 Å². The lowest BCUT2D eigenvalue weighted by Crippen LogP contribution is -2.00. The molecule has 0 aliphatic rings.